The van der Waals surface area contributed by atoms with Crippen LogP contribution in [-0.2, 0) is 21.4 Å². The average molecular weight is 362 g/mol. The quantitative estimate of drug-likeness (QED) is 0.780. The maximum Gasteiger partial charge on any atom is 0.290 e. The van der Waals surface area contributed by atoms with Gasteiger partial charge >= 0.3 is 0 Å². The summed E-state index contributed by atoms with van der Waals surface area (Å²) in [5.41, 5.74) is 0.520. The van der Waals surface area contributed by atoms with Crippen molar-refractivity contribution in [1.82, 2.24) is 4.31 Å². The molecule has 132 valence electrons. The number of rotatable bonds is 5. The van der Waals surface area contributed by atoms with Gasteiger partial charge in [0.1, 0.15) is 0 Å². The molecule has 0 bridgehead atoms. The van der Waals surface area contributed by atoms with E-state index in [9.17, 15) is 18.3 Å². The second-order valence-corrected chi connectivity index (χ2v) is 7.86. The highest BCUT2D eigenvalue weighted by Crippen LogP contribution is 2.22. The monoisotopic (exact) mass is 362 g/mol. The molecule has 0 radical (unpaired) electrons. The van der Waals surface area contributed by atoms with Crippen LogP contribution in [0.25, 0.3) is 0 Å². The topological polar surface area (TPSA) is 90.6 Å². The molecule has 8 heteroatoms. The molecule has 0 atom stereocenters. The van der Waals surface area contributed by atoms with Crippen molar-refractivity contribution in [2.45, 2.75) is 24.3 Å². The van der Waals surface area contributed by atoms with Crippen LogP contribution in [0.15, 0.2) is 53.7 Å². The van der Waals surface area contributed by atoms with Gasteiger partial charge in [-0.25, -0.2) is 8.42 Å². The summed E-state index contributed by atoms with van der Waals surface area (Å²) in [6.45, 7) is 1.16. The summed E-state index contributed by atoms with van der Waals surface area (Å²) >= 11 is 0. The number of hydrogen-bond donors (Lipinski definition) is 2. The van der Waals surface area contributed by atoms with Crippen molar-refractivity contribution in [2.75, 3.05) is 18.4 Å². The minimum Gasteiger partial charge on any atom is -0.503 e. The Balaban J connectivity index is 1.65. The number of anilines is 1. The van der Waals surface area contributed by atoms with Crippen LogP contribution in [0.4, 0.5) is 5.69 Å². The molecule has 2 N–H and O–H groups in total. The number of nitrogens with one attached hydrogen (secondary N) is 1. The molecule has 2 heterocycles. The van der Waals surface area contributed by atoms with Crippen molar-refractivity contribution in [1.29, 1.82) is 0 Å². The summed E-state index contributed by atoms with van der Waals surface area (Å²) in [6.07, 6.45) is 4.90. The van der Waals surface area contributed by atoms with Gasteiger partial charge in [-0.3, -0.25) is 4.79 Å². The Morgan fingerprint density at radius 1 is 1.16 bits per heavy atom. The Hall–Kier alpha value is -2.45. The minimum absolute atomic E-state index is 0.0439. The smallest absolute Gasteiger partial charge is 0.290 e. The molecule has 1 aromatic heterocycles. The van der Waals surface area contributed by atoms with Crippen LogP contribution in [0, 0.1) is 0 Å². The van der Waals surface area contributed by atoms with Gasteiger partial charge in [-0.2, -0.15) is 8.87 Å². The van der Waals surface area contributed by atoms with Gasteiger partial charge in [-0.1, -0.05) is 0 Å². The van der Waals surface area contributed by atoms with E-state index in [1.165, 1.54) is 28.7 Å². The van der Waals surface area contributed by atoms with Crippen LogP contribution in [0.3, 0.4) is 0 Å². The second-order valence-electron chi connectivity index (χ2n) is 5.92. The normalized spacial score (nSPS) is 15.2. The average Bonchev–Trinajstić information content (AvgIpc) is 3.10. The number of aromatic hydroxyl groups is 1. The molecule has 1 saturated heterocycles. The van der Waals surface area contributed by atoms with Gasteiger partial charge in [0.05, 0.1) is 4.90 Å². The first-order chi connectivity index (χ1) is 11.9. The molecule has 3 rings (SSSR count). The lowest BCUT2D eigenvalue weighted by atomic mass is 10.3. The Kier molecular flexibility index (Phi) is 5.00. The molecule has 25 heavy (non-hydrogen) atoms. The molecular formula is C17H20N3O4S+. The number of aromatic nitrogens is 1. The number of benzene rings is 1. The minimum atomic E-state index is -3.45. The van der Waals surface area contributed by atoms with E-state index in [4.69, 9.17) is 0 Å². The SMILES string of the molecule is O=C(C[n+]1cccc(O)c1)Nc1ccc(S(=O)(=O)N2CCCC2)cc1. The largest absolute Gasteiger partial charge is 0.503 e. The summed E-state index contributed by atoms with van der Waals surface area (Å²) in [4.78, 5) is 12.3. The molecule has 1 aliphatic heterocycles. The number of amides is 1. The van der Waals surface area contributed by atoms with E-state index in [1.54, 1.807) is 29.0 Å². The Morgan fingerprint density at radius 2 is 1.84 bits per heavy atom. The molecule has 0 spiro atoms. The second kappa shape index (κ2) is 7.20. The van der Waals surface area contributed by atoms with Crippen LogP contribution in [0.2, 0.25) is 0 Å². The van der Waals surface area contributed by atoms with E-state index in [2.05, 4.69) is 5.32 Å². The fraction of sp³-hybridized carbons (Fsp3) is 0.294. The Bertz CT molecular complexity index is 860. The zero-order valence-electron chi connectivity index (χ0n) is 13.6. The van der Waals surface area contributed by atoms with Crippen LogP contribution >= 0.6 is 0 Å². The van der Waals surface area contributed by atoms with E-state index in [-0.39, 0.29) is 23.1 Å². The first-order valence-electron chi connectivity index (χ1n) is 8.03. The number of nitrogens with zero attached hydrogens (tertiary/aromatic N) is 2. The number of carbonyl (C=O) groups excluding carboxylic acids is 1. The lowest BCUT2D eigenvalue weighted by Crippen LogP contribution is -2.39. The van der Waals surface area contributed by atoms with Crippen LogP contribution in [0.1, 0.15) is 12.8 Å². The van der Waals surface area contributed by atoms with Crippen molar-refractivity contribution in [3.63, 3.8) is 0 Å². The third kappa shape index (κ3) is 4.15. The number of carbonyl (C=O) groups is 1. The highest BCUT2D eigenvalue weighted by molar-refractivity contribution is 7.89. The first-order valence-corrected chi connectivity index (χ1v) is 9.47. The third-order valence-corrected chi connectivity index (χ3v) is 5.92. The zero-order chi connectivity index (χ0) is 17.9. The summed E-state index contributed by atoms with van der Waals surface area (Å²) in [6, 6.07) is 9.33. The zero-order valence-corrected chi connectivity index (χ0v) is 14.4. The lowest BCUT2D eigenvalue weighted by Gasteiger charge is -2.15. The van der Waals surface area contributed by atoms with E-state index in [1.807, 2.05) is 0 Å². The molecule has 1 aromatic carbocycles. The standard InChI is InChI=1S/C17H19N3O4S/c21-15-4-3-9-19(12-15)13-17(22)18-14-5-7-16(8-6-14)25(23,24)20-10-1-2-11-20/h3-9,12H,1-2,10-11,13H2,(H-,18,21,22)/p+1. The Labute approximate surface area is 146 Å². The van der Waals surface area contributed by atoms with Crippen molar-refractivity contribution in [3.05, 3.63) is 48.8 Å². The molecule has 0 aliphatic carbocycles. The fourth-order valence-corrected chi connectivity index (χ4v) is 4.28. The van der Waals surface area contributed by atoms with E-state index >= 15 is 0 Å². The van der Waals surface area contributed by atoms with Crippen molar-refractivity contribution in [2.24, 2.45) is 0 Å². The summed E-state index contributed by atoms with van der Waals surface area (Å²) in [5, 5.41) is 12.1. The van der Waals surface area contributed by atoms with Gasteiger partial charge in [-0.05, 0) is 43.2 Å². The molecule has 1 fully saturated rings. The van der Waals surface area contributed by atoms with Crippen molar-refractivity contribution < 1.29 is 22.9 Å². The molecular weight excluding hydrogens is 342 g/mol. The maximum absolute atomic E-state index is 12.5. The molecule has 7 nitrogen and oxygen atoms in total. The van der Waals surface area contributed by atoms with Gasteiger partial charge in [0.2, 0.25) is 22.8 Å². The van der Waals surface area contributed by atoms with Gasteiger partial charge in [0, 0.05) is 24.8 Å². The molecule has 2 aromatic rings. The van der Waals surface area contributed by atoms with E-state index < -0.39 is 10.0 Å². The molecule has 0 unspecified atom stereocenters. The number of pyridine rings is 1. The molecule has 1 amide bonds. The molecule has 0 saturated carbocycles. The van der Waals surface area contributed by atoms with Crippen LogP contribution in [-0.4, -0.2) is 36.8 Å². The van der Waals surface area contributed by atoms with Crippen molar-refractivity contribution >= 4 is 21.6 Å². The van der Waals surface area contributed by atoms with E-state index in [0.29, 0.717) is 18.8 Å². The predicted molar refractivity (Wildman–Crippen MR) is 91.4 cm³/mol. The summed E-state index contributed by atoms with van der Waals surface area (Å²) in [7, 11) is -3.45. The predicted octanol–water partition coefficient (Wildman–Crippen LogP) is 1.10. The van der Waals surface area contributed by atoms with Crippen LogP contribution < -0.4 is 9.88 Å². The first kappa shape index (κ1) is 17.4. The summed E-state index contributed by atoms with van der Waals surface area (Å²) < 4.78 is 27.9. The highest BCUT2D eigenvalue weighted by Gasteiger charge is 2.26. The van der Waals surface area contributed by atoms with E-state index in [0.717, 1.165) is 12.8 Å². The van der Waals surface area contributed by atoms with Gasteiger partial charge in [0.25, 0.3) is 5.91 Å². The third-order valence-electron chi connectivity index (χ3n) is 4.01. The summed E-state index contributed by atoms with van der Waals surface area (Å²) in [5.74, 6) is -0.197. The van der Waals surface area contributed by atoms with Gasteiger partial charge < -0.3 is 10.4 Å². The lowest BCUT2D eigenvalue weighted by molar-refractivity contribution is -0.684. The molecule has 1 aliphatic rings. The number of sulfonamides is 1. The van der Waals surface area contributed by atoms with Crippen molar-refractivity contribution in [3.8, 4) is 5.75 Å². The van der Waals surface area contributed by atoms with Gasteiger partial charge in [0.15, 0.2) is 11.9 Å². The van der Waals surface area contributed by atoms with Gasteiger partial charge in [-0.15, -0.1) is 0 Å². The van der Waals surface area contributed by atoms with Crippen LogP contribution in [0.5, 0.6) is 5.75 Å². The Morgan fingerprint density at radius 3 is 2.48 bits per heavy atom. The number of hydrogen-bond acceptors (Lipinski definition) is 4. The maximum atomic E-state index is 12.5. The fourth-order valence-electron chi connectivity index (χ4n) is 2.76. The highest BCUT2D eigenvalue weighted by atomic mass is 32.2.